The van der Waals surface area contributed by atoms with Crippen molar-refractivity contribution in [2.24, 2.45) is 0 Å². The Balaban J connectivity index is 2.56. The van der Waals surface area contributed by atoms with E-state index in [1.807, 2.05) is 0 Å². The fourth-order valence-corrected chi connectivity index (χ4v) is 1.40. The minimum absolute atomic E-state index is 0.210. The van der Waals surface area contributed by atoms with E-state index in [0.717, 1.165) is 0 Å². The number of aromatic nitrogens is 2. The van der Waals surface area contributed by atoms with Gasteiger partial charge in [0.2, 0.25) is 0 Å². The Hall–Kier alpha value is -1.56. The summed E-state index contributed by atoms with van der Waals surface area (Å²) in [4.78, 5) is 0. The summed E-state index contributed by atoms with van der Waals surface area (Å²) in [6, 6.07) is 4.28. The number of hydrogen-bond donors (Lipinski definition) is 2. The predicted octanol–water partition coefficient (Wildman–Crippen LogP) is 2.16. The van der Waals surface area contributed by atoms with E-state index < -0.39 is 12.3 Å². The molecule has 0 aliphatic heterocycles. The van der Waals surface area contributed by atoms with Crippen LogP contribution in [0.1, 0.15) is 11.7 Å². The van der Waals surface area contributed by atoms with E-state index in [0.29, 0.717) is 5.39 Å². The summed E-state index contributed by atoms with van der Waals surface area (Å²) in [6.07, 6.45) is -5.75. The molecule has 2 aromatic rings. The van der Waals surface area contributed by atoms with Gasteiger partial charge in [0.1, 0.15) is 0 Å². The van der Waals surface area contributed by atoms with Crippen molar-refractivity contribution >= 4 is 10.9 Å². The number of benzene rings is 1. The molecule has 80 valence electrons. The smallest absolute Gasteiger partial charge is 0.379 e. The molecule has 1 heterocycles. The fourth-order valence-electron chi connectivity index (χ4n) is 1.40. The SMILES string of the molecule is O[C@H](c1cccc2cn[nH]c12)C(F)(F)F. The second-order valence-electron chi connectivity index (χ2n) is 3.13. The van der Waals surface area contributed by atoms with Crippen LogP contribution in [0.4, 0.5) is 13.2 Å². The van der Waals surface area contributed by atoms with E-state index in [2.05, 4.69) is 10.2 Å². The van der Waals surface area contributed by atoms with Crippen LogP contribution in [-0.2, 0) is 0 Å². The van der Waals surface area contributed by atoms with Gasteiger partial charge in [0.15, 0.2) is 6.10 Å². The second kappa shape index (κ2) is 3.23. The maximum atomic E-state index is 12.3. The molecule has 15 heavy (non-hydrogen) atoms. The van der Waals surface area contributed by atoms with E-state index in [4.69, 9.17) is 5.11 Å². The molecular formula is C9H7F3N2O. The van der Waals surface area contributed by atoms with E-state index in [9.17, 15) is 13.2 Å². The minimum atomic E-state index is -4.67. The van der Waals surface area contributed by atoms with Crippen molar-refractivity contribution in [2.75, 3.05) is 0 Å². The van der Waals surface area contributed by atoms with Gasteiger partial charge in [-0.15, -0.1) is 0 Å². The van der Waals surface area contributed by atoms with Gasteiger partial charge in [-0.1, -0.05) is 18.2 Å². The molecule has 0 amide bonds. The summed E-state index contributed by atoms with van der Waals surface area (Å²) in [5, 5.41) is 15.7. The third-order valence-electron chi connectivity index (χ3n) is 2.11. The first-order valence-corrected chi connectivity index (χ1v) is 4.17. The van der Waals surface area contributed by atoms with Crippen molar-refractivity contribution in [1.29, 1.82) is 0 Å². The Kier molecular flexibility index (Phi) is 2.15. The molecule has 0 saturated carbocycles. The summed E-state index contributed by atoms with van der Waals surface area (Å²) in [5.74, 6) is 0. The van der Waals surface area contributed by atoms with Gasteiger partial charge in [0.25, 0.3) is 0 Å². The third kappa shape index (κ3) is 1.68. The van der Waals surface area contributed by atoms with Gasteiger partial charge in [-0.25, -0.2) is 0 Å². The second-order valence-corrected chi connectivity index (χ2v) is 3.13. The van der Waals surface area contributed by atoms with Crippen LogP contribution in [0.15, 0.2) is 24.4 Å². The molecule has 0 radical (unpaired) electrons. The van der Waals surface area contributed by atoms with Gasteiger partial charge in [0, 0.05) is 10.9 Å². The Bertz CT molecular complexity index is 477. The number of hydrogen-bond acceptors (Lipinski definition) is 2. The van der Waals surface area contributed by atoms with Gasteiger partial charge in [-0.3, -0.25) is 5.10 Å². The van der Waals surface area contributed by atoms with Crippen LogP contribution < -0.4 is 0 Å². The number of rotatable bonds is 1. The topological polar surface area (TPSA) is 48.9 Å². The maximum absolute atomic E-state index is 12.3. The molecule has 3 nitrogen and oxygen atoms in total. The largest absolute Gasteiger partial charge is 0.418 e. The van der Waals surface area contributed by atoms with Gasteiger partial charge < -0.3 is 5.11 Å². The van der Waals surface area contributed by atoms with Crippen molar-refractivity contribution in [1.82, 2.24) is 10.2 Å². The van der Waals surface area contributed by atoms with E-state index in [1.165, 1.54) is 18.3 Å². The predicted molar refractivity (Wildman–Crippen MR) is 47.1 cm³/mol. The maximum Gasteiger partial charge on any atom is 0.418 e. The monoisotopic (exact) mass is 216 g/mol. The molecule has 0 spiro atoms. The van der Waals surface area contributed by atoms with Crippen LogP contribution in [0, 0.1) is 0 Å². The zero-order chi connectivity index (χ0) is 11.1. The van der Waals surface area contributed by atoms with E-state index >= 15 is 0 Å². The molecule has 0 fully saturated rings. The molecule has 6 heteroatoms. The third-order valence-corrected chi connectivity index (χ3v) is 2.11. The number of aliphatic hydroxyl groups excluding tert-OH is 1. The number of alkyl halides is 3. The quantitative estimate of drug-likeness (QED) is 0.767. The first kappa shape index (κ1) is 9.97. The van der Waals surface area contributed by atoms with Crippen molar-refractivity contribution in [2.45, 2.75) is 12.3 Å². The van der Waals surface area contributed by atoms with Crippen LogP contribution in [0.5, 0.6) is 0 Å². The zero-order valence-electron chi connectivity index (χ0n) is 7.42. The molecular weight excluding hydrogens is 209 g/mol. The van der Waals surface area contributed by atoms with Gasteiger partial charge in [-0.2, -0.15) is 18.3 Å². The molecule has 1 atom stereocenters. The highest BCUT2D eigenvalue weighted by Gasteiger charge is 2.40. The molecule has 1 aromatic carbocycles. The Labute approximate surface area is 82.5 Å². The lowest BCUT2D eigenvalue weighted by atomic mass is 10.1. The molecule has 0 aliphatic rings. The van der Waals surface area contributed by atoms with Crippen LogP contribution in [0.3, 0.4) is 0 Å². The summed E-state index contributed by atoms with van der Waals surface area (Å²) >= 11 is 0. The minimum Gasteiger partial charge on any atom is -0.379 e. The van der Waals surface area contributed by atoms with E-state index in [1.54, 1.807) is 6.07 Å². The molecule has 0 bridgehead atoms. The number of halogens is 3. The molecule has 1 aromatic heterocycles. The normalized spacial score (nSPS) is 14.4. The van der Waals surface area contributed by atoms with Gasteiger partial charge >= 0.3 is 6.18 Å². The number of nitrogens with one attached hydrogen (secondary N) is 1. The average Bonchev–Trinajstić information content (AvgIpc) is 2.62. The average molecular weight is 216 g/mol. The summed E-state index contributed by atoms with van der Waals surface area (Å²) < 4.78 is 36.9. The lowest BCUT2D eigenvalue weighted by Gasteiger charge is -2.15. The lowest BCUT2D eigenvalue weighted by Crippen LogP contribution is -2.20. The molecule has 0 saturated heterocycles. The van der Waals surface area contributed by atoms with Crippen LogP contribution in [0.25, 0.3) is 10.9 Å². The molecule has 0 unspecified atom stereocenters. The summed E-state index contributed by atoms with van der Waals surface area (Å²) in [5.41, 5.74) is -0.000162. The number of nitrogens with zero attached hydrogens (tertiary/aromatic N) is 1. The Morgan fingerprint density at radius 2 is 2.07 bits per heavy atom. The van der Waals surface area contributed by atoms with Gasteiger partial charge in [-0.05, 0) is 0 Å². The Morgan fingerprint density at radius 1 is 1.33 bits per heavy atom. The zero-order valence-corrected chi connectivity index (χ0v) is 7.42. The first-order chi connectivity index (χ1) is 7.00. The summed E-state index contributed by atoms with van der Waals surface area (Å²) in [6.45, 7) is 0. The molecule has 0 aliphatic carbocycles. The standard InChI is InChI=1S/C9H7F3N2O/c10-9(11,12)8(15)6-3-1-2-5-4-13-14-7(5)6/h1-4,8,15H,(H,13,14)/t8-/m1/s1. The van der Waals surface area contributed by atoms with Crippen molar-refractivity contribution in [3.8, 4) is 0 Å². The number of para-hydroxylation sites is 1. The number of aliphatic hydroxyl groups is 1. The number of fused-ring (bicyclic) bond motifs is 1. The summed E-state index contributed by atoms with van der Waals surface area (Å²) in [7, 11) is 0. The first-order valence-electron chi connectivity index (χ1n) is 4.17. The molecule has 2 N–H and O–H groups in total. The highest BCUT2D eigenvalue weighted by molar-refractivity contribution is 5.81. The van der Waals surface area contributed by atoms with Gasteiger partial charge in [0.05, 0.1) is 11.7 Å². The van der Waals surface area contributed by atoms with Crippen LogP contribution in [0.2, 0.25) is 0 Å². The molecule has 2 rings (SSSR count). The van der Waals surface area contributed by atoms with Crippen molar-refractivity contribution in [3.63, 3.8) is 0 Å². The van der Waals surface area contributed by atoms with Crippen molar-refractivity contribution < 1.29 is 18.3 Å². The van der Waals surface area contributed by atoms with Crippen LogP contribution in [-0.4, -0.2) is 21.5 Å². The fraction of sp³-hybridized carbons (Fsp3) is 0.222. The van der Waals surface area contributed by atoms with Crippen molar-refractivity contribution in [3.05, 3.63) is 30.0 Å². The Morgan fingerprint density at radius 3 is 2.73 bits per heavy atom. The number of H-pyrrole nitrogens is 1. The van der Waals surface area contributed by atoms with Crippen LogP contribution >= 0.6 is 0 Å². The highest BCUT2D eigenvalue weighted by atomic mass is 19.4. The number of aromatic amines is 1. The highest BCUT2D eigenvalue weighted by Crippen LogP contribution is 2.35. The van der Waals surface area contributed by atoms with E-state index in [-0.39, 0.29) is 11.1 Å². The lowest BCUT2D eigenvalue weighted by molar-refractivity contribution is -0.206.